The van der Waals surface area contributed by atoms with Crippen LogP contribution in [0.25, 0.3) is 5.52 Å². The summed E-state index contributed by atoms with van der Waals surface area (Å²) in [4.78, 5) is 0. The maximum atomic E-state index is 4.33. The molecule has 0 spiro atoms. The second-order valence-corrected chi connectivity index (χ2v) is 3.77. The molecule has 0 bridgehead atoms. The maximum Gasteiger partial charge on any atom is 0.0667 e. The first-order valence-corrected chi connectivity index (χ1v) is 4.63. The van der Waals surface area contributed by atoms with Crippen LogP contribution in [0.3, 0.4) is 0 Å². The zero-order chi connectivity index (χ0) is 9.42. The van der Waals surface area contributed by atoms with Crippen LogP contribution in [0.4, 0.5) is 0 Å². The fourth-order valence-electron chi connectivity index (χ4n) is 1.50. The van der Waals surface area contributed by atoms with Gasteiger partial charge in [0.1, 0.15) is 0 Å². The summed E-state index contributed by atoms with van der Waals surface area (Å²) in [5, 5.41) is 4.33. The summed E-state index contributed by atoms with van der Waals surface area (Å²) in [6.45, 7) is 6.42. The van der Waals surface area contributed by atoms with Crippen LogP contribution in [-0.2, 0) is 0 Å². The Morgan fingerprint density at radius 1 is 1.31 bits per heavy atom. The molecule has 0 amide bonds. The molecule has 2 aromatic rings. The van der Waals surface area contributed by atoms with Crippen LogP contribution in [0.1, 0.15) is 31.0 Å². The van der Waals surface area contributed by atoms with Crippen molar-refractivity contribution in [3.05, 3.63) is 35.7 Å². The molecule has 68 valence electrons. The van der Waals surface area contributed by atoms with Crippen molar-refractivity contribution < 1.29 is 0 Å². The Labute approximate surface area is 78.2 Å². The molecule has 13 heavy (non-hydrogen) atoms. The summed E-state index contributed by atoms with van der Waals surface area (Å²) in [5.41, 5.74) is 3.62. The SMILES string of the molecule is Cc1cc2cc(C(C)C)ccn2n1. The molecule has 2 rings (SSSR count). The van der Waals surface area contributed by atoms with E-state index < -0.39 is 0 Å². The lowest BCUT2D eigenvalue weighted by Crippen LogP contribution is -1.91. The Bertz CT molecular complexity index is 427. The normalized spacial score (nSPS) is 11.4. The first kappa shape index (κ1) is 8.30. The van der Waals surface area contributed by atoms with E-state index in [0.717, 1.165) is 5.69 Å². The van der Waals surface area contributed by atoms with Crippen LogP contribution in [0.15, 0.2) is 24.4 Å². The quantitative estimate of drug-likeness (QED) is 0.649. The first-order chi connectivity index (χ1) is 6.16. The minimum Gasteiger partial charge on any atom is -0.241 e. The van der Waals surface area contributed by atoms with Gasteiger partial charge < -0.3 is 0 Å². The van der Waals surface area contributed by atoms with Crippen LogP contribution in [0.5, 0.6) is 0 Å². The van der Waals surface area contributed by atoms with Crippen LogP contribution in [0.2, 0.25) is 0 Å². The second-order valence-electron chi connectivity index (χ2n) is 3.77. The van der Waals surface area contributed by atoms with Gasteiger partial charge in [0.25, 0.3) is 0 Å². The maximum absolute atomic E-state index is 4.33. The topological polar surface area (TPSA) is 17.3 Å². The molecule has 0 aliphatic heterocycles. The number of rotatable bonds is 1. The molecule has 0 atom stereocenters. The molecule has 0 aliphatic carbocycles. The molecule has 0 unspecified atom stereocenters. The highest BCUT2D eigenvalue weighted by molar-refractivity contribution is 5.49. The fraction of sp³-hybridized carbons (Fsp3) is 0.364. The average Bonchev–Trinajstić information content (AvgIpc) is 2.42. The van der Waals surface area contributed by atoms with Gasteiger partial charge in [0.05, 0.1) is 11.2 Å². The molecule has 0 aromatic carbocycles. The van der Waals surface area contributed by atoms with Crippen molar-refractivity contribution >= 4 is 5.52 Å². The summed E-state index contributed by atoms with van der Waals surface area (Å²) >= 11 is 0. The number of hydrogen-bond donors (Lipinski definition) is 0. The summed E-state index contributed by atoms with van der Waals surface area (Å²) in [7, 11) is 0. The molecule has 0 saturated heterocycles. The molecule has 0 saturated carbocycles. The van der Waals surface area contributed by atoms with Crippen molar-refractivity contribution in [2.45, 2.75) is 26.7 Å². The highest BCUT2D eigenvalue weighted by Crippen LogP contribution is 2.16. The van der Waals surface area contributed by atoms with Crippen LogP contribution < -0.4 is 0 Å². The van der Waals surface area contributed by atoms with Crippen molar-refractivity contribution in [1.29, 1.82) is 0 Å². The van der Waals surface area contributed by atoms with Gasteiger partial charge in [-0.2, -0.15) is 5.10 Å². The smallest absolute Gasteiger partial charge is 0.0667 e. The number of hydrogen-bond acceptors (Lipinski definition) is 1. The Morgan fingerprint density at radius 3 is 2.77 bits per heavy atom. The van der Waals surface area contributed by atoms with Crippen molar-refractivity contribution in [3.63, 3.8) is 0 Å². The highest BCUT2D eigenvalue weighted by atomic mass is 15.2. The standard InChI is InChI=1S/C11H14N2/c1-8(2)10-4-5-13-11(7-10)6-9(3)12-13/h4-8H,1-3H3. The third-order valence-corrected chi connectivity index (χ3v) is 2.28. The second kappa shape index (κ2) is 2.87. The van der Waals surface area contributed by atoms with E-state index in [0.29, 0.717) is 5.92 Å². The van der Waals surface area contributed by atoms with Crippen molar-refractivity contribution in [3.8, 4) is 0 Å². The van der Waals surface area contributed by atoms with Gasteiger partial charge in [0, 0.05) is 6.20 Å². The van der Waals surface area contributed by atoms with Gasteiger partial charge in [-0.3, -0.25) is 0 Å². The lowest BCUT2D eigenvalue weighted by molar-refractivity contribution is 0.853. The molecule has 0 radical (unpaired) electrons. The third-order valence-electron chi connectivity index (χ3n) is 2.28. The van der Waals surface area contributed by atoms with Crippen LogP contribution in [0, 0.1) is 6.92 Å². The molecule has 0 aliphatic rings. The largest absolute Gasteiger partial charge is 0.241 e. The number of pyridine rings is 1. The molecule has 2 nitrogen and oxygen atoms in total. The number of aryl methyl sites for hydroxylation is 1. The molecule has 2 aromatic heterocycles. The Balaban J connectivity index is 2.61. The summed E-state index contributed by atoms with van der Waals surface area (Å²) < 4.78 is 1.92. The predicted molar refractivity (Wildman–Crippen MR) is 54.0 cm³/mol. The van der Waals surface area contributed by atoms with Crippen LogP contribution in [-0.4, -0.2) is 9.61 Å². The molecular weight excluding hydrogens is 160 g/mol. The first-order valence-electron chi connectivity index (χ1n) is 4.63. The minimum atomic E-state index is 0.584. The van der Waals surface area contributed by atoms with E-state index in [1.807, 2.05) is 17.6 Å². The fourth-order valence-corrected chi connectivity index (χ4v) is 1.50. The number of aromatic nitrogens is 2. The van der Waals surface area contributed by atoms with Gasteiger partial charge >= 0.3 is 0 Å². The average molecular weight is 174 g/mol. The highest BCUT2D eigenvalue weighted by Gasteiger charge is 2.01. The van der Waals surface area contributed by atoms with E-state index in [9.17, 15) is 0 Å². The Kier molecular flexibility index (Phi) is 1.83. The molecule has 0 N–H and O–H groups in total. The zero-order valence-corrected chi connectivity index (χ0v) is 8.28. The number of fused-ring (bicyclic) bond motifs is 1. The predicted octanol–water partition coefficient (Wildman–Crippen LogP) is 2.77. The van der Waals surface area contributed by atoms with Gasteiger partial charge in [-0.25, -0.2) is 4.52 Å². The molecule has 2 heteroatoms. The van der Waals surface area contributed by atoms with Gasteiger partial charge in [0.2, 0.25) is 0 Å². The summed E-state index contributed by atoms with van der Waals surface area (Å²) in [5.74, 6) is 0.584. The molecule has 2 heterocycles. The summed E-state index contributed by atoms with van der Waals surface area (Å²) in [6, 6.07) is 6.43. The Morgan fingerprint density at radius 2 is 2.08 bits per heavy atom. The van der Waals surface area contributed by atoms with E-state index in [2.05, 4.69) is 37.1 Å². The Hall–Kier alpha value is -1.31. The number of nitrogens with zero attached hydrogens (tertiary/aromatic N) is 2. The monoisotopic (exact) mass is 174 g/mol. The van der Waals surface area contributed by atoms with Gasteiger partial charge in [0.15, 0.2) is 0 Å². The van der Waals surface area contributed by atoms with Gasteiger partial charge in [-0.15, -0.1) is 0 Å². The van der Waals surface area contributed by atoms with Crippen molar-refractivity contribution in [1.82, 2.24) is 9.61 Å². The third kappa shape index (κ3) is 1.44. The van der Waals surface area contributed by atoms with E-state index in [1.165, 1.54) is 11.1 Å². The van der Waals surface area contributed by atoms with Gasteiger partial charge in [-0.1, -0.05) is 13.8 Å². The summed E-state index contributed by atoms with van der Waals surface area (Å²) in [6.07, 6.45) is 2.03. The lowest BCUT2D eigenvalue weighted by Gasteiger charge is -2.04. The van der Waals surface area contributed by atoms with E-state index in [4.69, 9.17) is 0 Å². The molecule has 0 fully saturated rings. The van der Waals surface area contributed by atoms with E-state index in [-0.39, 0.29) is 0 Å². The van der Waals surface area contributed by atoms with E-state index >= 15 is 0 Å². The van der Waals surface area contributed by atoms with Gasteiger partial charge in [-0.05, 0) is 36.6 Å². The lowest BCUT2D eigenvalue weighted by atomic mass is 10.0. The van der Waals surface area contributed by atoms with Crippen molar-refractivity contribution in [2.24, 2.45) is 0 Å². The minimum absolute atomic E-state index is 0.584. The zero-order valence-electron chi connectivity index (χ0n) is 8.28. The molecular formula is C11H14N2. The van der Waals surface area contributed by atoms with Crippen LogP contribution >= 0.6 is 0 Å². The van der Waals surface area contributed by atoms with E-state index in [1.54, 1.807) is 0 Å². The van der Waals surface area contributed by atoms with Crippen molar-refractivity contribution in [2.75, 3.05) is 0 Å².